The normalized spacial score (nSPS) is 23.0. The molecule has 1 aromatic rings. The van der Waals surface area contributed by atoms with Gasteiger partial charge in [-0.15, -0.1) is 0 Å². The van der Waals surface area contributed by atoms with E-state index >= 15 is 0 Å². The summed E-state index contributed by atoms with van der Waals surface area (Å²) in [6.45, 7) is 4.62. The van der Waals surface area contributed by atoms with Gasteiger partial charge in [0.15, 0.2) is 0 Å². The molecule has 2 aliphatic heterocycles. The van der Waals surface area contributed by atoms with Gasteiger partial charge in [-0.3, -0.25) is 9.69 Å². The number of methoxy groups -OCH3 is 1. The maximum absolute atomic E-state index is 12.4. The summed E-state index contributed by atoms with van der Waals surface area (Å²) in [5, 5.41) is 6.30. The number of rotatable bonds is 6. The van der Waals surface area contributed by atoms with Crippen molar-refractivity contribution < 1.29 is 14.3 Å². The minimum absolute atomic E-state index is 0.0207. The summed E-state index contributed by atoms with van der Waals surface area (Å²) < 4.78 is 10.6. The summed E-state index contributed by atoms with van der Waals surface area (Å²) in [5.74, 6) is 0.874. The van der Waals surface area contributed by atoms with E-state index in [2.05, 4.69) is 27.7 Å². The van der Waals surface area contributed by atoms with E-state index < -0.39 is 0 Å². The maximum Gasteiger partial charge on any atom is 0.239 e. The first-order valence-electron chi connectivity index (χ1n) is 8.75. The smallest absolute Gasteiger partial charge is 0.239 e. The summed E-state index contributed by atoms with van der Waals surface area (Å²) in [7, 11) is 1.67. The van der Waals surface area contributed by atoms with Crippen LogP contribution >= 0.6 is 0 Å². The van der Waals surface area contributed by atoms with E-state index in [-0.39, 0.29) is 18.0 Å². The molecule has 2 fully saturated rings. The van der Waals surface area contributed by atoms with Crippen molar-refractivity contribution in [3.8, 4) is 5.75 Å². The van der Waals surface area contributed by atoms with Crippen LogP contribution < -0.4 is 15.4 Å². The van der Waals surface area contributed by atoms with E-state index in [0.717, 1.165) is 25.4 Å². The molecule has 6 nitrogen and oxygen atoms in total. The van der Waals surface area contributed by atoms with E-state index in [0.29, 0.717) is 19.8 Å². The third-order valence-electron chi connectivity index (χ3n) is 4.79. The molecular weight excluding hydrogens is 306 g/mol. The van der Waals surface area contributed by atoms with Gasteiger partial charge in [-0.25, -0.2) is 0 Å². The highest BCUT2D eigenvalue weighted by molar-refractivity contribution is 5.82. The molecular formula is C18H27N3O3. The van der Waals surface area contributed by atoms with E-state index in [1.54, 1.807) is 7.11 Å². The Balaban J connectivity index is 1.64. The Morgan fingerprint density at radius 2 is 2.12 bits per heavy atom. The topological polar surface area (TPSA) is 62.8 Å². The average molecular weight is 333 g/mol. The highest BCUT2D eigenvalue weighted by Gasteiger charge is 2.26. The second kappa shape index (κ2) is 8.46. The van der Waals surface area contributed by atoms with Gasteiger partial charge in [0.1, 0.15) is 11.8 Å². The van der Waals surface area contributed by atoms with Gasteiger partial charge in [-0.05, 0) is 43.6 Å². The number of carbonyl (C=O) groups excluding carboxylic acids is 1. The summed E-state index contributed by atoms with van der Waals surface area (Å²) in [4.78, 5) is 14.8. The van der Waals surface area contributed by atoms with Gasteiger partial charge < -0.3 is 20.1 Å². The fraction of sp³-hybridized carbons (Fsp3) is 0.611. The number of hydrogen-bond acceptors (Lipinski definition) is 5. The number of hydrogen-bond donors (Lipinski definition) is 2. The zero-order valence-electron chi connectivity index (χ0n) is 14.3. The highest BCUT2D eigenvalue weighted by Crippen LogP contribution is 2.26. The van der Waals surface area contributed by atoms with Gasteiger partial charge in [0, 0.05) is 13.1 Å². The van der Waals surface area contributed by atoms with E-state index in [9.17, 15) is 4.79 Å². The standard InChI is InChI=1S/C18H27N3O3/c1-23-15-6-4-14(5-7-15)17(21-9-2-3-10-21)12-20-18(22)16-13-24-11-8-19-16/h4-7,16-17,19H,2-3,8-13H2,1H3,(H,20,22). The summed E-state index contributed by atoms with van der Waals surface area (Å²) in [6, 6.07) is 8.11. The molecule has 1 aromatic carbocycles. The molecule has 2 unspecified atom stereocenters. The third kappa shape index (κ3) is 4.26. The fourth-order valence-corrected chi connectivity index (χ4v) is 3.39. The Morgan fingerprint density at radius 1 is 1.38 bits per heavy atom. The molecule has 24 heavy (non-hydrogen) atoms. The lowest BCUT2D eigenvalue weighted by atomic mass is 10.0. The lowest BCUT2D eigenvalue weighted by Gasteiger charge is -2.30. The Morgan fingerprint density at radius 3 is 2.75 bits per heavy atom. The second-order valence-electron chi connectivity index (χ2n) is 6.36. The molecule has 2 saturated heterocycles. The van der Waals surface area contributed by atoms with Crippen molar-refractivity contribution in [1.82, 2.24) is 15.5 Å². The van der Waals surface area contributed by atoms with E-state index in [1.807, 2.05) is 12.1 Å². The Kier molecular flexibility index (Phi) is 6.07. The van der Waals surface area contributed by atoms with Crippen LogP contribution in [0.1, 0.15) is 24.4 Å². The predicted octanol–water partition coefficient (Wildman–Crippen LogP) is 0.937. The number of nitrogens with zero attached hydrogens (tertiary/aromatic N) is 1. The highest BCUT2D eigenvalue weighted by atomic mass is 16.5. The third-order valence-corrected chi connectivity index (χ3v) is 4.79. The molecule has 1 amide bonds. The number of benzene rings is 1. The van der Waals surface area contributed by atoms with Crippen LogP contribution in [-0.4, -0.2) is 63.4 Å². The van der Waals surface area contributed by atoms with Crippen LogP contribution in [-0.2, 0) is 9.53 Å². The number of carbonyl (C=O) groups is 1. The van der Waals surface area contributed by atoms with Gasteiger partial charge in [-0.2, -0.15) is 0 Å². The van der Waals surface area contributed by atoms with Crippen molar-refractivity contribution in [3.63, 3.8) is 0 Å². The molecule has 2 N–H and O–H groups in total. The molecule has 0 saturated carbocycles. The first kappa shape index (κ1) is 17.2. The maximum atomic E-state index is 12.4. The molecule has 3 rings (SSSR count). The largest absolute Gasteiger partial charge is 0.497 e. The number of nitrogens with one attached hydrogen (secondary N) is 2. The van der Waals surface area contributed by atoms with Gasteiger partial charge >= 0.3 is 0 Å². The molecule has 0 radical (unpaired) electrons. The molecule has 132 valence electrons. The number of amides is 1. The Labute approximate surface area is 143 Å². The van der Waals surface area contributed by atoms with Crippen LogP contribution in [0.4, 0.5) is 0 Å². The lowest BCUT2D eigenvalue weighted by Crippen LogP contribution is -2.52. The fourth-order valence-electron chi connectivity index (χ4n) is 3.39. The summed E-state index contributed by atoms with van der Waals surface area (Å²) >= 11 is 0. The monoisotopic (exact) mass is 333 g/mol. The van der Waals surface area contributed by atoms with Crippen LogP contribution in [0.2, 0.25) is 0 Å². The Hall–Kier alpha value is -1.63. The van der Waals surface area contributed by atoms with Crippen molar-refractivity contribution >= 4 is 5.91 Å². The van der Waals surface area contributed by atoms with Crippen molar-refractivity contribution in [3.05, 3.63) is 29.8 Å². The minimum Gasteiger partial charge on any atom is -0.497 e. The molecule has 0 bridgehead atoms. The molecule has 0 aromatic heterocycles. The van der Waals surface area contributed by atoms with E-state index in [1.165, 1.54) is 18.4 Å². The van der Waals surface area contributed by atoms with Crippen LogP contribution in [0.15, 0.2) is 24.3 Å². The SMILES string of the molecule is COc1ccc(C(CNC(=O)C2COCCN2)N2CCCC2)cc1. The molecule has 6 heteroatoms. The van der Waals surface area contributed by atoms with Crippen molar-refractivity contribution in [2.45, 2.75) is 24.9 Å². The lowest BCUT2D eigenvalue weighted by molar-refractivity contribution is -0.126. The van der Waals surface area contributed by atoms with Crippen molar-refractivity contribution in [2.24, 2.45) is 0 Å². The second-order valence-corrected chi connectivity index (χ2v) is 6.36. The van der Waals surface area contributed by atoms with Crippen LogP contribution in [0.3, 0.4) is 0 Å². The molecule has 2 heterocycles. The molecule has 0 aliphatic carbocycles. The average Bonchev–Trinajstić information content (AvgIpc) is 3.17. The summed E-state index contributed by atoms with van der Waals surface area (Å²) in [5.41, 5.74) is 1.21. The quantitative estimate of drug-likeness (QED) is 0.811. The van der Waals surface area contributed by atoms with E-state index in [4.69, 9.17) is 9.47 Å². The van der Waals surface area contributed by atoms with Crippen molar-refractivity contribution in [1.29, 1.82) is 0 Å². The van der Waals surface area contributed by atoms with Gasteiger partial charge in [0.05, 0.1) is 26.4 Å². The first-order valence-corrected chi connectivity index (χ1v) is 8.75. The number of likely N-dealkylation sites (tertiary alicyclic amines) is 1. The molecule has 2 atom stereocenters. The Bertz CT molecular complexity index is 523. The zero-order chi connectivity index (χ0) is 16.8. The number of morpholine rings is 1. The number of ether oxygens (including phenoxy) is 2. The summed E-state index contributed by atoms with van der Waals surface area (Å²) in [6.07, 6.45) is 2.44. The predicted molar refractivity (Wildman–Crippen MR) is 92.2 cm³/mol. The van der Waals surface area contributed by atoms with Crippen molar-refractivity contribution in [2.75, 3.05) is 46.5 Å². The minimum atomic E-state index is -0.242. The van der Waals surface area contributed by atoms with Crippen LogP contribution in [0, 0.1) is 0 Å². The van der Waals surface area contributed by atoms with Crippen LogP contribution in [0.5, 0.6) is 5.75 Å². The zero-order valence-corrected chi connectivity index (χ0v) is 14.3. The van der Waals surface area contributed by atoms with Gasteiger partial charge in [0.25, 0.3) is 0 Å². The van der Waals surface area contributed by atoms with Gasteiger partial charge in [-0.1, -0.05) is 12.1 Å². The van der Waals surface area contributed by atoms with Crippen LogP contribution in [0.25, 0.3) is 0 Å². The molecule has 0 spiro atoms. The molecule has 2 aliphatic rings. The first-order chi connectivity index (χ1) is 11.8. The van der Waals surface area contributed by atoms with Gasteiger partial charge in [0.2, 0.25) is 5.91 Å².